The van der Waals surface area contributed by atoms with Gasteiger partial charge < -0.3 is 9.97 Å². The number of nitrogens with zero attached hydrogens (tertiary/aromatic N) is 2. The van der Waals surface area contributed by atoms with Gasteiger partial charge in [-0.1, -0.05) is 141 Å². The van der Waals surface area contributed by atoms with Crippen molar-refractivity contribution in [2.75, 3.05) is 0 Å². The van der Waals surface area contributed by atoms with Crippen LogP contribution >= 0.6 is 0 Å². The largest absolute Gasteiger partial charge is 0.305 e. The third kappa shape index (κ3) is 5.82. The van der Waals surface area contributed by atoms with Gasteiger partial charge in [-0.25, -0.2) is 0 Å². The zero-order chi connectivity index (χ0) is 31.2. The normalized spacial score (nSPS) is 12.9. The van der Waals surface area contributed by atoms with Crippen molar-refractivity contribution < 1.29 is 20.1 Å². The molecule has 0 fully saturated rings. The average molecular weight is 773 g/mol. The minimum absolute atomic E-state index is 0. The van der Waals surface area contributed by atoms with Gasteiger partial charge in [0.2, 0.25) is 0 Å². The second-order valence-electron chi connectivity index (χ2n) is 13.4. The summed E-state index contributed by atoms with van der Waals surface area (Å²) in [5.74, 6) is 0. The van der Waals surface area contributed by atoms with Crippen LogP contribution in [0.4, 0.5) is 0 Å². The van der Waals surface area contributed by atoms with Gasteiger partial charge in [0, 0.05) is 32.5 Å². The van der Waals surface area contributed by atoms with Crippen molar-refractivity contribution >= 4 is 21.5 Å². The van der Waals surface area contributed by atoms with Crippen LogP contribution in [-0.2, 0) is 30.9 Å². The molecule has 8 rings (SSSR count). The fourth-order valence-electron chi connectivity index (χ4n) is 6.40. The van der Waals surface area contributed by atoms with E-state index in [2.05, 4.69) is 149 Å². The van der Waals surface area contributed by atoms with E-state index in [1.54, 1.807) is 0 Å². The molecule has 0 spiro atoms. The number of rotatable bonds is 2. The Morgan fingerprint density at radius 1 is 0.587 bits per heavy atom. The molecule has 0 N–H and O–H groups in total. The van der Waals surface area contributed by atoms with Gasteiger partial charge in [0.25, 0.3) is 0 Å². The second-order valence-corrected chi connectivity index (χ2v) is 13.4. The maximum atomic E-state index is 4.71. The SMILES string of the molecule is CC(C)(C)c1ccc(-c2[c-]cc3c(c2)C(C)(C)c2ccccc2-3)nc1.[Ir].[c-]1cc2c(ccc3ccccc32)cc1-c1ccccn1. The van der Waals surface area contributed by atoms with Crippen molar-refractivity contribution in [1.82, 2.24) is 9.97 Å². The fourth-order valence-corrected chi connectivity index (χ4v) is 6.40. The smallest absolute Gasteiger partial charge is 0.0198 e. The van der Waals surface area contributed by atoms with Crippen molar-refractivity contribution in [3.8, 4) is 33.6 Å². The molecule has 2 nitrogen and oxygen atoms in total. The zero-order valence-electron chi connectivity index (χ0n) is 26.9. The van der Waals surface area contributed by atoms with E-state index in [0.717, 1.165) is 22.5 Å². The van der Waals surface area contributed by atoms with Crippen LogP contribution < -0.4 is 0 Å². The Labute approximate surface area is 285 Å². The number of pyridine rings is 2. The molecule has 7 aromatic rings. The molecule has 46 heavy (non-hydrogen) atoms. The average Bonchev–Trinajstić information content (AvgIpc) is 3.30. The molecule has 0 unspecified atom stereocenters. The Kier molecular flexibility index (Phi) is 8.50. The molecule has 2 heterocycles. The van der Waals surface area contributed by atoms with Crippen LogP contribution in [0.1, 0.15) is 51.3 Å². The summed E-state index contributed by atoms with van der Waals surface area (Å²) in [5, 5.41) is 5.00. The van der Waals surface area contributed by atoms with Gasteiger partial charge in [-0.3, -0.25) is 0 Å². The number of aromatic nitrogens is 2. The molecule has 2 aromatic heterocycles. The molecule has 0 atom stereocenters. The quantitative estimate of drug-likeness (QED) is 0.129. The second kappa shape index (κ2) is 12.4. The van der Waals surface area contributed by atoms with Crippen molar-refractivity contribution in [2.24, 2.45) is 0 Å². The maximum Gasteiger partial charge on any atom is 0.0198 e. The standard InChI is InChI=1S/C24H24N.C19H12N.Ir/c1-23(2,3)17-11-13-22(25-15-17)16-10-12-19-18-8-6-7-9-20(18)24(4,5)21(19)14-16;1-2-6-17-14(5-1)8-9-15-13-16(10-11-18(15)17)19-7-3-4-12-20-19;/h6-9,11-15H,1-5H3;1-9,11-13H;/q2*-1;. The predicted octanol–water partition coefficient (Wildman–Crippen LogP) is 11.0. The molecular formula is C43H36IrN2-2. The summed E-state index contributed by atoms with van der Waals surface area (Å²) in [6.45, 7) is 11.2. The predicted molar refractivity (Wildman–Crippen MR) is 188 cm³/mol. The molecule has 0 saturated carbocycles. The van der Waals surface area contributed by atoms with E-state index in [4.69, 9.17) is 4.98 Å². The summed E-state index contributed by atoms with van der Waals surface area (Å²) in [6, 6.07) is 47.2. The maximum absolute atomic E-state index is 4.71. The van der Waals surface area contributed by atoms with Crippen molar-refractivity contribution in [2.45, 2.75) is 45.4 Å². The van der Waals surface area contributed by atoms with E-state index >= 15 is 0 Å². The van der Waals surface area contributed by atoms with Gasteiger partial charge in [0.15, 0.2) is 0 Å². The summed E-state index contributed by atoms with van der Waals surface area (Å²) in [6.07, 6.45) is 3.81. The Morgan fingerprint density at radius 2 is 1.28 bits per heavy atom. The minimum Gasteiger partial charge on any atom is -0.305 e. The molecule has 5 aromatic carbocycles. The Hall–Kier alpha value is -4.43. The van der Waals surface area contributed by atoms with Crippen LogP contribution in [0.5, 0.6) is 0 Å². The summed E-state index contributed by atoms with van der Waals surface area (Å²) in [7, 11) is 0. The summed E-state index contributed by atoms with van der Waals surface area (Å²) in [4.78, 5) is 9.09. The molecule has 1 aliphatic carbocycles. The molecular weight excluding hydrogens is 737 g/mol. The van der Waals surface area contributed by atoms with Crippen LogP contribution in [0.25, 0.3) is 55.2 Å². The molecule has 1 radical (unpaired) electrons. The van der Waals surface area contributed by atoms with E-state index in [0.29, 0.717) is 0 Å². The third-order valence-electron chi connectivity index (χ3n) is 9.04. The first kappa shape index (κ1) is 31.5. The molecule has 229 valence electrons. The first-order valence-corrected chi connectivity index (χ1v) is 15.6. The van der Waals surface area contributed by atoms with Gasteiger partial charge in [-0.05, 0) is 44.8 Å². The van der Waals surface area contributed by atoms with Crippen molar-refractivity contribution in [3.05, 3.63) is 156 Å². The van der Waals surface area contributed by atoms with Crippen molar-refractivity contribution in [1.29, 1.82) is 0 Å². The number of fused-ring (bicyclic) bond motifs is 6. The van der Waals surface area contributed by atoms with E-state index in [9.17, 15) is 0 Å². The third-order valence-corrected chi connectivity index (χ3v) is 9.04. The molecule has 0 amide bonds. The Balaban J connectivity index is 0.000000162. The van der Waals surface area contributed by atoms with E-state index < -0.39 is 0 Å². The van der Waals surface area contributed by atoms with E-state index in [1.165, 1.54) is 49.4 Å². The van der Waals surface area contributed by atoms with Gasteiger partial charge in [-0.2, -0.15) is 0 Å². The fraction of sp³-hybridized carbons (Fsp3) is 0.163. The van der Waals surface area contributed by atoms with Crippen molar-refractivity contribution in [3.63, 3.8) is 0 Å². The van der Waals surface area contributed by atoms with Crippen LogP contribution in [0.3, 0.4) is 0 Å². The monoisotopic (exact) mass is 773 g/mol. The summed E-state index contributed by atoms with van der Waals surface area (Å²) < 4.78 is 0. The van der Waals surface area contributed by atoms with E-state index in [1.807, 2.05) is 30.6 Å². The summed E-state index contributed by atoms with van der Waals surface area (Å²) >= 11 is 0. The van der Waals surface area contributed by atoms with Crippen LogP contribution in [0, 0.1) is 12.1 Å². The van der Waals surface area contributed by atoms with Crippen LogP contribution in [0.15, 0.2) is 128 Å². The number of hydrogen-bond acceptors (Lipinski definition) is 2. The molecule has 0 bridgehead atoms. The van der Waals surface area contributed by atoms with Crippen LogP contribution in [0.2, 0.25) is 0 Å². The first-order chi connectivity index (χ1) is 21.7. The first-order valence-electron chi connectivity index (χ1n) is 15.6. The Bertz CT molecular complexity index is 2160. The van der Waals surface area contributed by atoms with Crippen LogP contribution in [-0.4, -0.2) is 9.97 Å². The zero-order valence-corrected chi connectivity index (χ0v) is 29.2. The molecule has 0 aliphatic heterocycles. The number of hydrogen-bond donors (Lipinski definition) is 0. The van der Waals surface area contributed by atoms with Gasteiger partial charge in [0.1, 0.15) is 0 Å². The van der Waals surface area contributed by atoms with Gasteiger partial charge >= 0.3 is 0 Å². The van der Waals surface area contributed by atoms with Gasteiger partial charge in [-0.15, -0.1) is 58.5 Å². The molecule has 3 heteroatoms. The van der Waals surface area contributed by atoms with E-state index in [-0.39, 0.29) is 30.9 Å². The molecule has 1 aliphatic rings. The minimum atomic E-state index is 0. The molecule has 0 saturated heterocycles. The topological polar surface area (TPSA) is 25.8 Å². The Morgan fingerprint density at radius 3 is 2.04 bits per heavy atom. The number of benzene rings is 5. The van der Waals surface area contributed by atoms with Gasteiger partial charge in [0.05, 0.1) is 0 Å². The summed E-state index contributed by atoms with van der Waals surface area (Å²) in [5.41, 5.74) is 10.8.